The summed E-state index contributed by atoms with van der Waals surface area (Å²) in [4.78, 5) is 11.9. The molecule has 3 aliphatic rings. The van der Waals surface area contributed by atoms with E-state index in [9.17, 15) is 0 Å². The normalized spacial score (nSPS) is 29.2. The first-order valence-electron chi connectivity index (χ1n) is 7.57. The Morgan fingerprint density at radius 3 is 3.10 bits per heavy atom. The van der Waals surface area contributed by atoms with Gasteiger partial charge in [-0.2, -0.15) is 0 Å². The average Bonchev–Trinajstić information content (AvgIpc) is 3.13. The highest BCUT2D eigenvalue weighted by Crippen LogP contribution is 2.32. The van der Waals surface area contributed by atoms with Crippen molar-refractivity contribution in [3.8, 4) is 0 Å². The topological polar surface area (TPSA) is 76.3 Å². The van der Waals surface area contributed by atoms with Crippen LogP contribution in [0.25, 0.3) is 0 Å². The highest BCUT2D eigenvalue weighted by atomic mass is 16.5. The molecule has 3 N–H and O–H groups in total. The first-order chi connectivity index (χ1) is 9.85. The predicted octanol–water partition coefficient (Wildman–Crippen LogP) is 0.787. The second-order valence-corrected chi connectivity index (χ2v) is 5.97. The van der Waals surface area contributed by atoms with Crippen molar-refractivity contribution in [2.24, 2.45) is 5.84 Å². The van der Waals surface area contributed by atoms with Crippen LogP contribution < -0.4 is 11.3 Å². The Kier molecular flexibility index (Phi) is 3.09. The quantitative estimate of drug-likeness (QED) is 0.614. The van der Waals surface area contributed by atoms with E-state index >= 15 is 0 Å². The van der Waals surface area contributed by atoms with Gasteiger partial charge in [-0.15, -0.1) is 0 Å². The van der Waals surface area contributed by atoms with Gasteiger partial charge in [0.1, 0.15) is 11.9 Å². The Morgan fingerprint density at radius 1 is 1.25 bits per heavy atom. The lowest BCUT2D eigenvalue weighted by molar-refractivity contribution is -0.0541. The standard InChI is InChI=1S/C14H21N5O/c15-18-13-10-4-1-5-11(10)16-14(17-13)12-7-19-6-2-3-9(19)8-20-12/h9,12H,1-8,15H2,(H,16,17,18). The van der Waals surface area contributed by atoms with Crippen LogP contribution in [0, 0.1) is 0 Å². The maximum Gasteiger partial charge on any atom is 0.161 e. The van der Waals surface area contributed by atoms with Gasteiger partial charge >= 0.3 is 0 Å². The van der Waals surface area contributed by atoms with Crippen molar-refractivity contribution in [3.05, 3.63) is 17.1 Å². The summed E-state index contributed by atoms with van der Waals surface area (Å²) in [5.41, 5.74) is 5.07. The number of hydrogen-bond acceptors (Lipinski definition) is 6. The van der Waals surface area contributed by atoms with Crippen LogP contribution in [-0.4, -0.2) is 40.6 Å². The predicted molar refractivity (Wildman–Crippen MR) is 75.2 cm³/mol. The van der Waals surface area contributed by atoms with Gasteiger partial charge in [-0.05, 0) is 38.6 Å². The lowest BCUT2D eigenvalue weighted by Gasteiger charge is -2.34. The van der Waals surface area contributed by atoms with Gasteiger partial charge in [0.15, 0.2) is 5.82 Å². The number of nitrogens with zero attached hydrogens (tertiary/aromatic N) is 3. The van der Waals surface area contributed by atoms with E-state index < -0.39 is 0 Å². The molecule has 0 aromatic carbocycles. The maximum absolute atomic E-state index is 6.00. The Bertz CT molecular complexity index is 521. The molecule has 0 radical (unpaired) electrons. The summed E-state index contributed by atoms with van der Waals surface area (Å²) in [5.74, 6) is 7.20. The van der Waals surface area contributed by atoms with E-state index in [-0.39, 0.29) is 6.10 Å². The van der Waals surface area contributed by atoms with Gasteiger partial charge in [0.25, 0.3) is 0 Å². The summed E-state index contributed by atoms with van der Waals surface area (Å²) in [5, 5.41) is 0. The molecule has 108 valence electrons. The molecule has 2 atom stereocenters. The van der Waals surface area contributed by atoms with Crippen LogP contribution >= 0.6 is 0 Å². The molecule has 6 nitrogen and oxygen atoms in total. The largest absolute Gasteiger partial charge is 0.367 e. The summed E-state index contributed by atoms with van der Waals surface area (Å²) in [6.45, 7) is 2.89. The zero-order valence-electron chi connectivity index (χ0n) is 11.6. The first kappa shape index (κ1) is 12.5. The molecule has 3 heterocycles. The van der Waals surface area contributed by atoms with E-state index in [0.29, 0.717) is 6.04 Å². The highest BCUT2D eigenvalue weighted by Gasteiger charge is 2.34. The minimum absolute atomic E-state index is 0.0117. The van der Waals surface area contributed by atoms with E-state index in [1.807, 2.05) is 0 Å². The number of hydrogen-bond donors (Lipinski definition) is 2. The molecule has 2 unspecified atom stereocenters. The number of rotatable bonds is 2. The maximum atomic E-state index is 6.00. The average molecular weight is 275 g/mol. The number of morpholine rings is 1. The van der Waals surface area contributed by atoms with E-state index in [1.54, 1.807) is 0 Å². The molecule has 1 aliphatic carbocycles. The van der Waals surface area contributed by atoms with E-state index in [1.165, 1.54) is 24.9 Å². The molecule has 0 spiro atoms. The Hall–Kier alpha value is -1.24. The van der Waals surface area contributed by atoms with Crippen LogP contribution in [0.4, 0.5) is 5.82 Å². The van der Waals surface area contributed by atoms with Gasteiger partial charge in [0.05, 0.1) is 6.61 Å². The van der Waals surface area contributed by atoms with Crippen LogP contribution in [0.5, 0.6) is 0 Å². The Balaban J connectivity index is 1.62. The van der Waals surface area contributed by atoms with Gasteiger partial charge in [-0.25, -0.2) is 15.8 Å². The van der Waals surface area contributed by atoms with Crippen molar-refractivity contribution in [2.75, 3.05) is 25.1 Å². The Morgan fingerprint density at radius 2 is 2.20 bits per heavy atom. The lowest BCUT2D eigenvalue weighted by atomic mass is 10.1. The third-order valence-corrected chi connectivity index (χ3v) is 4.76. The molecule has 2 aliphatic heterocycles. The zero-order valence-corrected chi connectivity index (χ0v) is 11.6. The monoisotopic (exact) mass is 275 g/mol. The van der Waals surface area contributed by atoms with Crippen molar-refractivity contribution >= 4 is 5.82 Å². The number of aryl methyl sites for hydroxylation is 1. The van der Waals surface area contributed by atoms with E-state index in [0.717, 1.165) is 49.8 Å². The third kappa shape index (κ3) is 1.99. The van der Waals surface area contributed by atoms with Gasteiger partial charge in [-0.1, -0.05) is 0 Å². The second-order valence-electron chi connectivity index (χ2n) is 5.97. The van der Waals surface area contributed by atoms with Gasteiger partial charge in [0, 0.05) is 23.8 Å². The van der Waals surface area contributed by atoms with Crippen LogP contribution in [0.2, 0.25) is 0 Å². The number of nitrogen functional groups attached to an aromatic ring is 1. The molecule has 4 rings (SSSR count). The van der Waals surface area contributed by atoms with Crippen LogP contribution in [0.15, 0.2) is 0 Å². The van der Waals surface area contributed by atoms with Gasteiger partial charge in [-0.3, -0.25) is 4.90 Å². The molecule has 1 aromatic heterocycles. The molecule has 20 heavy (non-hydrogen) atoms. The number of anilines is 1. The number of aromatic nitrogens is 2. The van der Waals surface area contributed by atoms with Crippen molar-refractivity contribution in [1.82, 2.24) is 14.9 Å². The summed E-state index contributed by atoms with van der Waals surface area (Å²) in [6, 6.07) is 0.604. The lowest BCUT2D eigenvalue weighted by Crippen LogP contribution is -2.43. The first-order valence-corrected chi connectivity index (χ1v) is 7.57. The highest BCUT2D eigenvalue weighted by molar-refractivity contribution is 5.48. The van der Waals surface area contributed by atoms with Crippen molar-refractivity contribution in [3.63, 3.8) is 0 Å². The smallest absolute Gasteiger partial charge is 0.161 e. The minimum atomic E-state index is -0.0117. The molecule has 1 aromatic rings. The summed E-state index contributed by atoms with van der Waals surface area (Å²) in [7, 11) is 0. The van der Waals surface area contributed by atoms with Crippen LogP contribution in [-0.2, 0) is 17.6 Å². The molecule has 0 amide bonds. The fourth-order valence-corrected chi connectivity index (χ4v) is 3.69. The SMILES string of the molecule is NNc1nc(C2CN3CCCC3CO2)nc2c1CCC2. The zero-order chi connectivity index (χ0) is 13.5. The minimum Gasteiger partial charge on any atom is -0.367 e. The van der Waals surface area contributed by atoms with Crippen molar-refractivity contribution in [2.45, 2.75) is 44.2 Å². The summed E-state index contributed by atoms with van der Waals surface area (Å²) < 4.78 is 6.00. The fourth-order valence-electron chi connectivity index (χ4n) is 3.69. The van der Waals surface area contributed by atoms with Crippen LogP contribution in [0.1, 0.15) is 42.4 Å². The van der Waals surface area contributed by atoms with Crippen molar-refractivity contribution in [1.29, 1.82) is 0 Å². The molecule has 6 heteroatoms. The molecule has 2 saturated heterocycles. The Labute approximate surface area is 118 Å². The summed E-state index contributed by atoms with van der Waals surface area (Å²) >= 11 is 0. The second kappa shape index (κ2) is 4.95. The van der Waals surface area contributed by atoms with Gasteiger partial charge in [0.2, 0.25) is 0 Å². The molecule has 2 fully saturated rings. The van der Waals surface area contributed by atoms with E-state index in [4.69, 9.17) is 15.6 Å². The molecular formula is C14H21N5O. The fraction of sp³-hybridized carbons (Fsp3) is 0.714. The molecule has 0 bridgehead atoms. The van der Waals surface area contributed by atoms with Gasteiger partial charge < -0.3 is 10.2 Å². The molecule has 0 saturated carbocycles. The number of ether oxygens (including phenoxy) is 1. The molecular weight excluding hydrogens is 254 g/mol. The number of hydrazine groups is 1. The third-order valence-electron chi connectivity index (χ3n) is 4.76. The summed E-state index contributed by atoms with van der Waals surface area (Å²) in [6.07, 6.45) is 5.71. The van der Waals surface area contributed by atoms with E-state index in [2.05, 4.69) is 15.3 Å². The van der Waals surface area contributed by atoms with Crippen molar-refractivity contribution < 1.29 is 4.74 Å². The van der Waals surface area contributed by atoms with Crippen LogP contribution in [0.3, 0.4) is 0 Å². The number of fused-ring (bicyclic) bond motifs is 2. The number of nitrogens with two attached hydrogens (primary N) is 1. The number of nitrogens with one attached hydrogen (secondary N) is 1.